The molecule has 0 heterocycles. The van der Waals surface area contributed by atoms with Gasteiger partial charge in [0, 0.05) is 6.54 Å². The van der Waals surface area contributed by atoms with Gasteiger partial charge in [0.25, 0.3) is 0 Å². The fraction of sp³-hybridized carbons (Fsp3) is 0.800. The van der Waals surface area contributed by atoms with Crippen LogP contribution in [0.2, 0.25) is 0 Å². The van der Waals surface area contributed by atoms with E-state index in [-0.39, 0.29) is 12.4 Å². The topological polar surface area (TPSA) is 75.6 Å². The van der Waals surface area contributed by atoms with E-state index >= 15 is 0 Å². The van der Waals surface area contributed by atoms with Gasteiger partial charge in [-0.3, -0.25) is 9.59 Å². The van der Waals surface area contributed by atoms with Gasteiger partial charge < -0.3 is 15.2 Å². The Morgan fingerprint density at radius 3 is 2.40 bits per heavy atom. The number of rotatable bonds is 7. The van der Waals surface area contributed by atoms with Crippen molar-refractivity contribution in [3.63, 3.8) is 0 Å². The maximum absolute atomic E-state index is 11.0. The Balaban J connectivity index is 3.92. The number of hydrogen-bond acceptors (Lipinski definition) is 4. The number of hydrogen-bond donors (Lipinski definition) is 2. The monoisotopic (exact) mass is 217 g/mol. The van der Waals surface area contributed by atoms with Crippen LogP contribution in [0.5, 0.6) is 0 Å². The third kappa shape index (κ3) is 4.78. The Morgan fingerprint density at radius 1 is 1.40 bits per heavy atom. The van der Waals surface area contributed by atoms with Crippen molar-refractivity contribution >= 4 is 11.9 Å². The second-order valence-electron chi connectivity index (χ2n) is 3.47. The number of nitrogens with one attached hydrogen (secondary N) is 1. The highest BCUT2D eigenvalue weighted by Crippen LogP contribution is 2.08. The van der Waals surface area contributed by atoms with Crippen LogP contribution in [-0.2, 0) is 14.3 Å². The Kier molecular flexibility index (Phi) is 5.93. The van der Waals surface area contributed by atoms with Crippen LogP contribution in [0.1, 0.15) is 33.6 Å². The van der Waals surface area contributed by atoms with Gasteiger partial charge in [-0.25, -0.2) is 0 Å². The highest BCUT2D eigenvalue weighted by molar-refractivity contribution is 5.78. The molecule has 15 heavy (non-hydrogen) atoms. The molecule has 0 rings (SSSR count). The summed E-state index contributed by atoms with van der Waals surface area (Å²) in [4.78, 5) is 21.9. The number of ether oxygens (including phenoxy) is 1. The fourth-order valence-corrected chi connectivity index (χ4v) is 1.03. The Hall–Kier alpha value is -1.10. The van der Waals surface area contributed by atoms with Gasteiger partial charge in [0.2, 0.25) is 0 Å². The normalized spacial score (nSPS) is 14.3. The maximum atomic E-state index is 11.0. The summed E-state index contributed by atoms with van der Waals surface area (Å²) in [6.07, 6.45) is 0.655. The maximum Gasteiger partial charge on any atom is 0.323 e. The molecule has 0 spiro atoms. The van der Waals surface area contributed by atoms with Crippen molar-refractivity contribution < 1.29 is 19.4 Å². The average Bonchev–Trinajstić information content (AvgIpc) is 2.17. The molecule has 0 aromatic carbocycles. The van der Waals surface area contributed by atoms with Crippen molar-refractivity contribution in [1.29, 1.82) is 0 Å². The van der Waals surface area contributed by atoms with E-state index in [0.29, 0.717) is 19.6 Å². The number of carboxylic acid groups (broad SMARTS) is 1. The van der Waals surface area contributed by atoms with Crippen molar-refractivity contribution in [3.8, 4) is 0 Å². The van der Waals surface area contributed by atoms with E-state index in [2.05, 4.69) is 5.32 Å². The van der Waals surface area contributed by atoms with E-state index in [1.165, 1.54) is 0 Å². The van der Waals surface area contributed by atoms with Crippen LogP contribution in [0, 0.1) is 0 Å². The quantitative estimate of drug-likeness (QED) is 0.616. The zero-order valence-corrected chi connectivity index (χ0v) is 9.50. The summed E-state index contributed by atoms with van der Waals surface area (Å²) in [6.45, 7) is 5.78. The van der Waals surface area contributed by atoms with Gasteiger partial charge in [-0.15, -0.1) is 0 Å². The minimum atomic E-state index is -0.966. The Bertz CT molecular complexity index is 229. The Morgan fingerprint density at radius 2 is 2.00 bits per heavy atom. The van der Waals surface area contributed by atoms with E-state index in [0.717, 1.165) is 0 Å². The summed E-state index contributed by atoms with van der Waals surface area (Å²) in [7, 11) is 0. The van der Waals surface area contributed by atoms with Crippen LogP contribution in [0.15, 0.2) is 0 Å². The van der Waals surface area contributed by atoms with Crippen molar-refractivity contribution in [1.82, 2.24) is 5.32 Å². The number of carbonyl (C=O) groups excluding carboxylic acids is 1. The average molecular weight is 217 g/mol. The molecular weight excluding hydrogens is 198 g/mol. The van der Waals surface area contributed by atoms with Crippen LogP contribution in [0.25, 0.3) is 0 Å². The predicted octanol–water partition coefficient (Wildman–Crippen LogP) is 0.782. The van der Waals surface area contributed by atoms with E-state index in [1.54, 1.807) is 20.8 Å². The summed E-state index contributed by atoms with van der Waals surface area (Å²) in [5.74, 6) is -1.22. The second kappa shape index (κ2) is 6.40. The molecule has 0 fully saturated rings. The lowest BCUT2D eigenvalue weighted by Gasteiger charge is -2.24. The van der Waals surface area contributed by atoms with Gasteiger partial charge in [-0.1, -0.05) is 6.92 Å². The van der Waals surface area contributed by atoms with Gasteiger partial charge in [-0.2, -0.15) is 0 Å². The minimum Gasteiger partial charge on any atom is -0.480 e. The molecule has 5 nitrogen and oxygen atoms in total. The standard InChI is InChI=1S/C10H19NO4/c1-4-10(3,9(13)14)11-7-6-8(12)15-5-2/h11H,4-7H2,1-3H3,(H,13,14). The molecule has 0 saturated carbocycles. The van der Waals surface area contributed by atoms with Crippen LogP contribution >= 0.6 is 0 Å². The number of esters is 1. The first-order valence-corrected chi connectivity index (χ1v) is 5.10. The fourth-order valence-electron chi connectivity index (χ4n) is 1.03. The molecule has 0 aliphatic carbocycles. The molecule has 0 bridgehead atoms. The van der Waals surface area contributed by atoms with Crippen LogP contribution in [0.3, 0.4) is 0 Å². The van der Waals surface area contributed by atoms with E-state index in [1.807, 2.05) is 0 Å². The van der Waals surface area contributed by atoms with Crippen molar-refractivity contribution in [2.75, 3.05) is 13.2 Å². The van der Waals surface area contributed by atoms with Gasteiger partial charge >= 0.3 is 11.9 Å². The predicted molar refractivity (Wildman–Crippen MR) is 55.6 cm³/mol. The van der Waals surface area contributed by atoms with Gasteiger partial charge in [-0.05, 0) is 20.3 Å². The lowest BCUT2D eigenvalue weighted by atomic mass is 9.99. The van der Waals surface area contributed by atoms with Gasteiger partial charge in [0.05, 0.1) is 13.0 Å². The molecule has 0 aliphatic heterocycles. The lowest BCUT2D eigenvalue weighted by molar-refractivity contribution is -0.146. The molecule has 1 unspecified atom stereocenters. The smallest absolute Gasteiger partial charge is 0.323 e. The molecule has 5 heteroatoms. The van der Waals surface area contributed by atoms with Crippen molar-refractivity contribution in [2.24, 2.45) is 0 Å². The molecule has 2 N–H and O–H groups in total. The molecule has 0 aromatic heterocycles. The zero-order chi connectivity index (χ0) is 11.9. The van der Waals surface area contributed by atoms with Crippen LogP contribution in [-0.4, -0.2) is 35.7 Å². The second-order valence-corrected chi connectivity index (χ2v) is 3.47. The molecule has 0 saturated heterocycles. The van der Waals surface area contributed by atoms with Gasteiger partial charge in [0.1, 0.15) is 5.54 Å². The number of carboxylic acids is 1. The highest BCUT2D eigenvalue weighted by Gasteiger charge is 2.30. The highest BCUT2D eigenvalue weighted by atomic mass is 16.5. The van der Waals surface area contributed by atoms with Crippen molar-refractivity contribution in [3.05, 3.63) is 0 Å². The molecule has 88 valence electrons. The van der Waals surface area contributed by atoms with Crippen LogP contribution < -0.4 is 5.32 Å². The first kappa shape index (κ1) is 13.9. The van der Waals surface area contributed by atoms with E-state index < -0.39 is 11.5 Å². The molecule has 0 aliphatic rings. The van der Waals surface area contributed by atoms with Crippen LogP contribution in [0.4, 0.5) is 0 Å². The largest absolute Gasteiger partial charge is 0.480 e. The summed E-state index contributed by atoms with van der Waals surface area (Å²) in [6, 6.07) is 0. The Labute approximate surface area is 89.8 Å². The minimum absolute atomic E-state index is 0.191. The summed E-state index contributed by atoms with van der Waals surface area (Å²) >= 11 is 0. The zero-order valence-electron chi connectivity index (χ0n) is 9.50. The molecule has 0 aromatic rings. The molecular formula is C10H19NO4. The summed E-state index contributed by atoms with van der Waals surface area (Å²) in [5, 5.41) is 11.8. The first-order valence-electron chi connectivity index (χ1n) is 5.10. The molecule has 0 amide bonds. The number of carbonyl (C=O) groups is 2. The molecule has 0 radical (unpaired) electrons. The summed E-state index contributed by atoms with van der Waals surface area (Å²) < 4.78 is 4.72. The van der Waals surface area contributed by atoms with E-state index in [4.69, 9.17) is 9.84 Å². The van der Waals surface area contributed by atoms with E-state index in [9.17, 15) is 9.59 Å². The van der Waals surface area contributed by atoms with Gasteiger partial charge in [0.15, 0.2) is 0 Å². The summed E-state index contributed by atoms with van der Waals surface area (Å²) in [5.41, 5.74) is -0.966. The third-order valence-electron chi connectivity index (χ3n) is 2.33. The lowest BCUT2D eigenvalue weighted by Crippen LogP contribution is -2.49. The van der Waals surface area contributed by atoms with Crippen molar-refractivity contribution in [2.45, 2.75) is 39.2 Å². The first-order chi connectivity index (χ1) is 6.96. The SMILES string of the molecule is CCOC(=O)CCNC(C)(CC)C(=O)O. The third-order valence-corrected chi connectivity index (χ3v) is 2.33. The molecule has 1 atom stereocenters. The number of aliphatic carboxylic acids is 1.